The molecule has 0 saturated heterocycles. The Morgan fingerprint density at radius 3 is 3.12 bits per heavy atom. The number of rotatable bonds is 3. The van der Waals surface area contributed by atoms with Crippen LogP contribution in [-0.2, 0) is 11.2 Å². The maximum Gasteiger partial charge on any atom is 0.224 e. The fourth-order valence-corrected chi connectivity index (χ4v) is 2.18. The molecule has 0 spiro atoms. The van der Waals surface area contributed by atoms with Crippen LogP contribution >= 0.6 is 0 Å². The van der Waals surface area contributed by atoms with Gasteiger partial charge in [-0.1, -0.05) is 19.1 Å². The van der Waals surface area contributed by atoms with Gasteiger partial charge in [-0.3, -0.25) is 4.79 Å². The van der Waals surface area contributed by atoms with E-state index in [1.807, 2.05) is 6.07 Å². The summed E-state index contributed by atoms with van der Waals surface area (Å²) in [6, 6.07) is 4.96. The highest BCUT2D eigenvalue weighted by Crippen LogP contribution is 2.32. The van der Waals surface area contributed by atoms with Gasteiger partial charge in [-0.15, -0.1) is 0 Å². The van der Waals surface area contributed by atoms with E-state index in [1.54, 1.807) is 13.0 Å². The van der Waals surface area contributed by atoms with Crippen molar-refractivity contribution in [3.8, 4) is 0 Å². The molecular weight excluding hydrogens is 219 g/mol. The molecule has 0 aromatic heterocycles. The monoisotopic (exact) mass is 236 g/mol. The molecule has 2 rings (SSSR count). The average molecular weight is 236 g/mol. The molecule has 92 valence electrons. The fraction of sp³-hybridized carbons (Fsp3) is 0.462. The Balaban J connectivity index is 2.12. The number of amides is 1. The minimum absolute atomic E-state index is 0.0605. The predicted octanol–water partition coefficient (Wildman–Crippen LogP) is 1.52. The third-order valence-corrected chi connectivity index (χ3v) is 3.33. The van der Waals surface area contributed by atoms with Crippen molar-refractivity contribution in [3.63, 3.8) is 0 Å². The van der Waals surface area contributed by atoms with Crippen LogP contribution in [-0.4, -0.2) is 12.5 Å². The number of carbonyl (C=O) groups is 1. The number of carbonyl (C=O) groups excluding carboxylic acids is 1. The molecule has 0 radical (unpaired) electrons. The molecule has 0 bridgehead atoms. The van der Waals surface area contributed by atoms with E-state index in [9.17, 15) is 9.18 Å². The first kappa shape index (κ1) is 12.0. The van der Waals surface area contributed by atoms with Gasteiger partial charge in [0.05, 0.1) is 6.04 Å². The molecule has 3 nitrogen and oxygen atoms in total. The summed E-state index contributed by atoms with van der Waals surface area (Å²) in [5.41, 5.74) is 7.08. The minimum Gasteiger partial charge on any atom is -0.349 e. The van der Waals surface area contributed by atoms with Crippen LogP contribution in [0, 0.1) is 11.7 Å². The van der Waals surface area contributed by atoms with Gasteiger partial charge in [0.25, 0.3) is 0 Å². The standard InChI is InChI=1S/C13H17FN2O/c1-8(7-15)13(17)16-12-6-5-9-10(12)3-2-4-11(9)14/h2-4,8,12H,5-7,15H2,1H3,(H,16,17). The SMILES string of the molecule is CC(CN)C(=O)NC1CCc2c(F)cccc21. The maximum absolute atomic E-state index is 13.5. The number of hydrogen-bond donors (Lipinski definition) is 2. The van der Waals surface area contributed by atoms with Crippen LogP contribution in [0.1, 0.15) is 30.5 Å². The normalized spacial score (nSPS) is 19.8. The lowest BCUT2D eigenvalue weighted by molar-refractivity contribution is -0.124. The Hall–Kier alpha value is -1.42. The molecule has 2 unspecified atom stereocenters. The van der Waals surface area contributed by atoms with E-state index in [4.69, 9.17) is 5.73 Å². The maximum atomic E-state index is 13.5. The second-order valence-corrected chi connectivity index (χ2v) is 4.54. The Labute approximate surface area is 100 Å². The van der Waals surface area contributed by atoms with Crippen molar-refractivity contribution in [2.45, 2.75) is 25.8 Å². The summed E-state index contributed by atoms with van der Waals surface area (Å²) in [7, 11) is 0. The lowest BCUT2D eigenvalue weighted by Gasteiger charge is -2.16. The zero-order valence-electron chi connectivity index (χ0n) is 9.87. The summed E-state index contributed by atoms with van der Waals surface area (Å²) < 4.78 is 13.5. The molecule has 17 heavy (non-hydrogen) atoms. The van der Waals surface area contributed by atoms with Crippen molar-refractivity contribution >= 4 is 5.91 Å². The number of halogens is 1. The quantitative estimate of drug-likeness (QED) is 0.836. The topological polar surface area (TPSA) is 55.1 Å². The van der Waals surface area contributed by atoms with Gasteiger partial charge in [0.1, 0.15) is 5.82 Å². The number of nitrogens with one attached hydrogen (secondary N) is 1. The highest BCUT2D eigenvalue weighted by Gasteiger charge is 2.26. The summed E-state index contributed by atoms with van der Waals surface area (Å²) in [4.78, 5) is 11.7. The first-order valence-corrected chi connectivity index (χ1v) is 5.91. The predicted molar refractivity (Wildman–Crippen MR) is 63.8 cm³/mol. The Bertz CT molecular complexity index is 433. The van der Waals surface area contributed by atoms with E-state index < -0.39 is 0 Å². The summed E-state index contributed by atoms with van der Waals surface area (Å²) >= 11 is 0. The van der Waals surface area contributed by atoms with Crippen LogP contribution in [0.3, 0.4) is 0 Å². The molecule has 4 heteroatoms. The van der Waals surface area contributed by atoms with Gasteiger partial charge in [-0.2, -0.15) is 0 Å². The van der Waals surface area contributed by atoms with Gasteiger partial charge in [0.2, 0.25) is 5.91 Å². The molecule has 1 aromatic rings. The van der Waals surface area contributed by atoms with E-state index in [2.05, 4.69) is 5.32 Å². The molecule has 1 aliphatic carbocycles. The van der Waals surface area contributed by atoms with Gasteiger partial charge in [0, 0.05) is 12.5 Å². The number of hydrogen-bond acceptors (Lipinski definition) is 2. The van der Waals surface area contributed by atoms with Crippen molar-refractivity contribution in [2.24, 2.45) is 11.7 Å². The smallest absolute Gasteiger partial charge is 0.224 e. The average Bonchev–Trinajstić information content (AvgIpc) is 2.73. The lowest BCUT2D eigenvalue weighted by Crippen LogP contribution is -2.35. The van der Waals surface area contributed by atoms with E-state index in [0.717, 1.165) is 17.5 Å². The fourth-order valence-electron chi connectivity index (χ4n) is 2.18. The van der Waals surface area contributed by atoms with E-state index >= 15 is 0 Å². The van der Waals surface area contributed by atoms with Crippen molar-refractivity contribution in [3.05, 3.63) is 35.1 Å². The lowest BCUT2D eigenvalue weighted by atomic mass is 10.1. The van der Waals surface area contributed by atoms with Crippen LogP contribution in [0.5, 0.6) is 0 Å². The van der Waals surface area contributed by atoms with Gasteiger partial charge in [-0.25, -0.2) is 4.39 Å². The molecule has 1 aromatic carbocycles. The molecule has 0 fully saturated rings. The zero-order valence-corrected chi connectivity index (χ0v) is 9.87. The van der Waals surface area contributed by atoms with Gasteiger partial charge in [-0.05, 0) is 30.0 Å². The van der Waals surface area contributed by atoms with Gasteiger partial charge in [0.15, 0.2) is 0 Å². The Morgan fingerprint density at radius 2 is 2.41 bits per heavy atom. The summed E-state index contributed by atoms with van der Waals surface area (Å²) in [6.45, 7) is 2.12. The first-order chi connectivity index (χ1) is 8.13. The van der Waals surface area contributed by atoms with Crippen LogP contribution < -0.4 is 11.1 Å². The zero-order chi connectivity index (χ0) is 12.4. The third-order valence-electron chi connectivity index (χ3n) is 3.33. The van der Waals surface area contributed by atoms with Gasteiger partial charge < -0.3 is 11.1 Å². The summed E-state index contributed by atoms with van der Waals surface area (Å²) in [5.74, 6) is -0.437. The van der Waals surface area contributed by atoms with Gasteiger partial charge >= 0.3 is 0 Å². The summed E-state index contributed by atoms with van der Waals surface area (Å²) in [5, 5.41) is 2.93. The molecular formula is C13H17FN2O. The molecule has 0 heterocycles. The molecule has 0 saturated carbocycles. The number of benzene rings is 1. The first-order valence-electron chi connectivity index (χ1n) is 5.91. The van der Waals surface area contributed by atoms with E-state index in [1.165, 1.54) is 6.07 Å². The number of nitrogens with two attached hydrogens (primary N) is 1. The second kappa shape index (κ2) is 4.84. The highest BCUT2D eigenvalue weighted by molar-refractivity contribution is 5.79. The number of fused-ring (bicyclic) bond motifs is 1. The van der Waals surface area contributed by atoms with Crippen LogP contribution in [0.15, 0.2) is 18.2 Å². The molecule has 1 amide bonds. The largest absolute Gasteiger partial charge is 0.349 e. The van der Waals surface area contributed by atoms with Crippen molar-refractivity contribution in [1.29, 1.82) is 0 Å². The molecule has 3 N–H and O–H groups in total. The Morgan fingerprint density at radius 1 is 1.65 bits per heavy atom. The van der Waals surface area contributed by atoms with Crippen molar-refractivity contribution < 1.29 is 9.18 Å². The molecule has 2 atom stereocenters. The second-order valence-electron chi connectivity index (χ2n) is 4.54. The van der Waals surface area contributed by atoms with Crippen LogP contribution in [0.25, 0.3) is 0 Å². The summed E-state index contributed by atoms with van der Waals surface area (Å²) in [6.07, 6.45) is 1.45. The van der Waals surface area contributed by atoms with Crippen LogP contribution in [0.2, 0.25) is 0 Å². The third kappa shape index (κ3) is 2.31. The highest BCUT2D eigenvalue weighted by atomic mass is 19.1. The molecule has 0 aliphatic heterocycles. The minimum atomic E-state index is -0.201. The van der Waals surface area contributed by atoms with E-state index in [-0.39, 0.29) is 23.7 Å². The van der Waals surface area contributed by atoms with E-state index in [0.29, 0.717) is 13.0 Å². The Kier molecular flexibility index (Phi) is 3.43. The van der Waals surface area contributed by atoms with Crippen molar-refractivity contribution in [2.75, 3.05) is 6.54 Å². The molecule has 1 aliphatic rings. The van der Waals surface area contributed by atoms with Crippen molar-refractivity contribution in [1.82, 2.24) is 5.32 Å². The van der Waals surface area contributed by atoms with Crippen LogP contribution in [0.4, 0.5) is 4.39 Å².